The Bertz CT molecular complexity index is 303. The molecule has 0 unspecified atom stereocenters. The lowest BCUT2D eigenvalue weighted by molar-refractivity contribution is -0.121. The van der Waals surface area contributed by atoms with Crippen molar-refractivity contribution in [2.24, 2.45) is 5.73 Å². The molecule has 0 spiro atoms. The lowest BCUT2D eigenvalue weighted by Crippen LogP contribution is -2.28. The maximum atomic E-state index is 11.2. The van der Waals surface area contributed by atoms with Crippen LogP contribution in [0.2, 0.25) is 0 Å². The molecule has 6 nitrogen and oxygen atoms in total. The summed E-state index contributed by atoms with van der Waals surface area (Å²) in [5.74, 6) is -0.609. The predicted octanol–water partition coefficient (Wildman–Crippen LogP) is 0.290. The molecule has 102 valence electrons. The molecular weight excluding hydrogens is 244 g/mol. The fraction of sp³-hybridized carbons (Fsp3) is 0.900. The topological polar surface area (TPSA) is 109 Å². The van der Waals surface area contributed by atoms with Gasteiger partial charge in [0.1, 0.15) is 0 Å². The zero-order chi connectivity index (χ0) is 13.1. The molecule has 0 aliphatic heterocycles. The Kier molecular flexibility index (Phi) is 9.01. The summed E-state index contributed by atoms with van der Waals surface area (Å²) >= 11 is 0. The van der Waals surface area contributed by atoms with Gasteiger partial charge in [-0.1, -0.05) is 19.3 Å². The van der Waals surface area contributed by atoms with Gasteiger partial charge >= 0.3 is 0 Å². The van der Waals surface area contributed by atoms with Gasteiger partial charge < -0.3 is 11.1 Å². The number of carbonyl (C=O) groups is 1. The van der Waals surface area contributed by atoms with E-state index in [0.29, 0.717) is 13.0 Å². The molecule has 0 radical (unpaired) electrons. The minimum atomic E-state index is -3.98. The number of carbonyl (C=O) groups excluding carboxylic acids is 1. The largest absolute Gasteiger partial charge is 0.355 e. The number of rotatable bonds is 10. The molecule has 0 aliphatic rings. The van der Waals surface area contributed by atoms with Crippen LogP contribution in [-0.4, -0.2) is 37.7 Å². The van der Waals surface area contributed by atoms with Crippen LogP contribution in [0.25, 0.3) is 0 Å². The van der Waals surface area contributed by atoms with Crippen LogP contribution < -0.4 is 11.1 Å². The molecule has 0 aliphatic carbocycles. The van der Waals surface area contributed by atoms with Crippen LogP contribution in [0.4, 0.5) is 0 Å². The predicted molar refractivity (Wildman–Crippen MR) is 66.2 cm³/mol. The summed E-state index contributed by atoms with van der Waals surface area (Å²) < 4.78 is 29.2. The van der Waals surface area contributed by atoms with Crippen molar-refractivity contribution in [2.45, 2.75) is 38.5 Å². The lowest BCUT2D eigenvalue weighted by Gasteiger charge is -2.03. The number of nitrogens with two attached hydrogens (primary N) is 1. The van der Waals surface area contributed by atoms with E-state index in [9.17, 15) is 13.2 Å². The minimum Gasteiger partial charge on any atom is -0.355 e. The van der Waals surface area contributed by atoms with Crippen molar-refractivity contribution in [3.05, 3.63) is 0 Å². The van der Waals surface area contributed by atoms with Gasteiger partial charge in [0, 0.05) is 13.0 Å². The third-order valence-electron chi connectivity index (χ3n) is 2.29. The van der Waals surface area contributed by atoms with E-state index < -0.39 is 15.9 Å². The highest BCUT2D eigenvalue weighted by molar-refractivity contribution is 7.85. The van der Waals surface area contributed by atoms with E-state index in [4.69, 9.17) is 10.3 Å². The third kappa shape index (κ3) is 13.3. The Labute approximate surface area is 103 Å². The molecule has 4 N–H and O–H groups in total. The highest BCUT2D eigenvalue weighted by Gasteiger charge is 2.05. The van der Waals surface area contributed by atoms with E-state index in [1.54, 1.807) is 0 Å². The van der Waals surface area contributed by atoms with E-state index >= 15 is 0 Å². The zero-order valence-corrected chi connectivity index (χ0v) is 10.8. The Balaban J connectivity index is 3.35. The third-order valence-corrected chi connectivity index (χ3v) is 3.01. The molecule has 7 heteroatoms. The van der Waals surface area contributed by atoms with E-state index in [1.807, 2.05) is 0 Å². The van der Waals surface area contributed by atoms with Crippen LogP contribution in [0.15, 0.2) is 0 Å². The van der Waals surface area contributed by atoms with Crippen molar-refractivity contribution in [1.29, 1.82) is 0 Å². The summed E-state index contributed by atoms with van der Waals surface area (Å²) in [6, 6.07) is 0. The van der Waals surface area contributed by atoms with Gasteiger partial charge in [-0.3, -0.25) is 9.35 Å². The van der Waals surface area contributed by atoms with Crippen molar-refractivity contribution >= 4 is 16.0 Å². The Morgan fingerprint density at radius 2 is 1.71 bits per heavy atom. The smallest absolute Gasteiger partial charge is 0.266 e. The Morgan fingerprint density at radius 1 is 1.12 bits per heavy atom. The van der Waals surface area contributed by atoms with Gasteiger partial charge in [0.05, 0.1) is 5.75 Å². The molecule has 0 saturated heterocycles. The average Bonchev–Trinajstić information content (AvgIpc) is 2.21. The highest BCUT2D eigenvalue weighted by atomic mass is 32.2. The number of unbranched alkanes of at least 4 members (excludes halogenated alkanes) is 4. The summed E-state index contributed by atoms with van der Waals surface area (Å²) in [6.45, 7) is 0.668. The van der Waals surface area contributed by atoms with Gasteiger partial charge in [0.2, 0.25) is 5.91 Å². The fourth-order valence-electron chi connectivity index (χ4n) is 1.37. The van der Waals surface area contributed by atoms with Crippen molar-refractivity contribution in [3.8, 4) is 0 Å². The van der Waals surface area contributed by atoms with Gasteiger partial charge in [0.15, 0.2) is 0 Å². The minimum absolute atomic E-state index is 0.0369. The molecule has 0 rings (SSSR count). The van der Waals surface area contributed by atoms with Crippen molar-refractivity contribution in [1.82, 2.24) is 5.32 Å². The molecule has 0 fully saturated rings. The molecule has 17 heavy (non-hydrogen) atoms. The molecule has 1 amide bonds. The SMILES string of the molecule is NCCCCCCCC(=O)NCCS(=O)(=O)O. The van der Waals surface area contributed by atoms with Crippen LogP contribution in [-0.2, 0) is 14.9 Å². The van der Waals surface area contributed by atoms with Crippen molar-refractivity contribution in [2.75, 3.05) is 18.8 Å². The molecule has 0 aromatic rings. The first-order valence-electron chi connectivity index (χ1n) is 5.87. The van der Waals surface area contributed by atoms with E-state index in [-0.39, 0.29) is 12.5 Å². The van der Waals surface area contributed by atoms with Crippen molar-refractivity contribution < 1.29 is 17.8 Å². The summed E-state index contributed by atoms with van der Waals surface area (Å²) in [5.41, 5.74) is 5.35. The van der Waals surface area contributed by atoms with E-state index in [2.05, 4.69) is 5.32 Å². The monoisotopic (exact) mass is 266 g/mol. The first-order chi connectivity index (χ1) is 7.95. The van der Waals surface area contributed by atoms with Gasteiger partial charge in [-0.15, -0.1) is 0 Å². The second-order valence-corrected chi connectivity index (χ2v) is 5.51. The second-order valence-electron chi connectivity index (χ2n) is 3.94. The zero-order valence-electron chi connectivity index (χ0n) is 10.0. The van der Waals surface area contributed by atoms with Gasteiger partial charge in [-0.25, -0.2) is 0 Å². The normalized spacial score (nSPS) is 11.4. The number of nitrogens with one attached hydrogen (secondary N) is 1. The lowest BCUT2D eigenvalue weighted by atomic mass is 10.1. The highest BCUT2D eigenvalue weighted by Crippen LogP contribution is 2.04. The summed E-state index contributed by atoms with van der Waals surface area (Å²) in [5, 5.41) is 2.44. The van der Waals surface area contributed by atoms with Gasteiger partial charge in [-0.05, 0) is 19.4 Å². The molecule has 0 aromatic heterocycles. The maximum Gasteiger partial charge on any atom is 0.266 e. The number of hydrogen-bond acceptors (Lipinski definition) is 4. The standard InChI is InChI=1S/C10H22N2O4S/c11-7-5-3-1-2-4-6-10(13)12-8-9-17(14,15)16/h1-9,11H2,(H,12,13)(H,14,15,16). The van der Waals surface area contributed by atoms with Crippen LogP contribution in [0.1, 0.15) is 38.5 Å². The van der Waals surface area contributed by atoms with Gasteiger partial charge in [0.25, 0.3) is 10.1 Å². The van der Waals surface area contributed by atoms with Crippen LogP contribution >= 0.6 is 0 Å². The quantitative estimate of drug-likeness (QED) is 0.389. The molecule has 0 heterocycles. The molecule has 0 saturated carbocycles. The molecule has 0 atom stereocenters. The fourth-order valence-corrected chi connectivity index (χ4v) is 1.73. The first-order valence-corrected chi connectivity index (χ1v) is 7.48. The number of hydrogen-bond donors (Lipinski definition) is 3. The second kappa shape index (κ2) is 9.38. The van der Waals surface area contributed by atoms with E-state index in [1.165, 1.54) is 0 Å². The van der Waals surface area contributed by atoms with Crippen LogP contribution in [0.5, 0.6) is 0 Å². The molecular formula is C10H22N2O4S. The first kappa shape index (κ1) is 16.3. The van der Waals surface area contributed by atoms with Crippen LogP contribution in [0.3, 0.4) is 0 Å². The summed E-state index contributed by atoms with van der Waals surface area (Å²) in [6.07, 6.45) is 5.33. The van der Waals surface area contributed by atoms with Crippen molar-refractivity contribution in [3.63, 3.8) is 0 Å². The average molecular weight is 266 g/mol. The van der Waals surface area contributed by atoms with Crippen LogP contribution in [0, 0.1) is 0 Å². The summed E-state index contributed by atoms with van der Waals surface area (Å²) in [4.78, 5) is 11.2. The molecule has 0 bridgehead atoms. The Morgan fingerprint density at radius 3 is 2.29 bits per heavy atom. The van der Waals surface area contributed by atoms with Gasteiger partial charge in [-0.2, -0.15) is 8.42 Å². The summed E-state index contributed by atoms with van der Waals surface area (Å²) in [7, 11) is -3.98. The molecule has 0 aromatic carbocycles. The Hall–Kier alpha value is -0.660. The number of amides is 1. The maximum absolute atomic E-state index is 11.2. The van der Waals surface area contributed by atoms with E-state index in [0.717, 1.165) is 32.1 Å².